The van der Waals surface area contributed by atoms with Gasteiger partial charge in [-0.2, -0.15) is 0 Å². The van der Waals surface area contributed by atoms with Gasteiger partial charge in [0.25, 0.3) is 0 Å². The van der Waals surface area contributed by atoms with Gasteiger partial charge in [0.2, 0.25) is 0 Å². The largest absolute Gasteiger partial charge is 0.319 e. The van der Waals surface area contributed by atoms with E-state index in [9.17, 15) is 0 Å². The van der Waals surface area contributed by atoms with E-state index in [0.29, 0.717) is 0 Å². The van der Waals surface area contributed by atoms with E-state index in [4.69, 9.17) is 5.73 Å². The minimum atomic E-state index is -0.148. The first-order valence-corrected chi connectivity index (χ1v) is 3.96. The van der Waals surface area contributed by atoms with Crippen LogP contribution in [0.15, 0.2) is 24.9 Å². The normalized spacial score (nSPS) is 12.6. The zero-order chi connectivity index (χ0) is 9.14. The Hall–Kier alpha value is -1.15. The van der Waals surface area contributed by atoms with Gasteiger partial charge in [-0.1, -0.05) is 12.1 Å². The molecule has 1 unspecified atom stereocenters. The van der Waals surface area contributed by atoms with Gasteiger partial charge in [0.15, 0.2) is 0 Å². The Bertz CT molecular complexity index is 292. The highest BCUT2D eigenvalue weighted by Gasteiger charge is 2.05. The first-order valence-electron chi connectivity index (χ1n) is 3.96. The molecule has 1 aromatic heterocycles. The van der Waals surface area contributed by atoms with Crippen LogP contribution in [-0.2, 0) is 0 Å². The molecular formula is C10H14N2. The molecule has 0 aliphatic rings. The number of aromatic nitrogens is 1. The average Bonchev–Trinajstić information content (AvgIpc) is 2.03. The van der Waals surface area contributed by atoms with Crippen LogP contribution in [0.4, 0.5) is 0 Å². The van der Waals surface area contributed by atoms with E-state index in [0.717, 1.165) is 16.8 Å². The highest BCUT2D eigenvalue weighted by atomic mass is 14.8. The lowest BCUT2D eigenvalue weighted by atomic mass is 10.1. The van der Waals surface area contributed by atoms with Gasteiger partial charge in [-0.25, -0.2) is 0 Å². The van der Waals surface area contributed by atoms with Crippen molar-refractivity contribution in [2.45, 2.75) is 19.9 Å². The molecule has 0 saturated heterocycles. The van der Waals surface area contributed by atoms with Gasteiger partial charge < -0.3 is 5.73 Å². The molecule has 1 atom stereocenters. The second-order valence-electron chi connectivity index (χ2n) is 2.98. The summed E-state index contributed by atoms with van der Waals surface area (Å²) in [5.74, 6) is 0. The molecule has 0 aliphatic heterocycles. The topological polar surface area (TPSA) is 38.9 Å². The van der Waals surface area contributed by atoms with E-state index in [1.807, 2.05) is 20.0 Å². The highest BCUT2D eigenvalue weighted by molar-refractivity contribution is 5.27. The van der Waals surface area contributed by atoms with Gasteiger partial charge in [-0.05, 0) is 25.0 Å². The van der Waals surface area contributed by atoms with Crippen molar-refractivity contribution in [2.24, 2.45) is 5.73 Å². The standard InChI is InChI=1S/C10H14N2/c1-4-9(11)10-8(3)5-7(2)6-12-10/h4-6,9H,1,11H2,2-3H3. The maximum atomic E-state index is 5.76. The predicted octanol–water partition coefficient (Wildman–Crippen LogP) is 1.88. The number of hydrogen-bond donors (Lipinski definition) is 1. The monoisotopic (exact) mass is 162 g/mol. The third-order valence-corrected chi connectivity index (χ3v) is 1.83. The van der Waals surface area contributed by atoms with Gasteiger partial charge in [0.05, 0.1) is 11.7 Å². The lowest BCUT2D eigenvalue weighted by Crippen LogP contribution is -2.10. The zero-order valence-electron chi connectivity index (χ0n) is 7.54. The molecule has 2 heteroatoms. The minimum Gasteiger partial charge on any atom is -0.319 e. The third-order valence-electron chi connectivity index (χ3n) is 1.83. The Labute approximate surface area is 73.1 Å². The van der Waals surface area contributed by atoms with Crippen LogP contribution in [0.2, 0.25) is 0 Å². The van der Waals surface area contributed by atoms with Crippen molar-refractivity contribution in [2.75, 3.05) is 0 Å². The Morgan fingerprint density at radius 2 is 2.25 bits per heavy atom. The SMILES string of the molecule is C=CC(N)c1ncc(C)cc1C. The molecule has 2 N–H and O–H groups in total. The number of nitrogens with two attached hydrogens (primary N) is 1. The molecule has 0 amide bonds. The highest BCUT2D eigenvalue weighted by Crippen LogP contribution is 2.13. The summed E-state index contributed by atoms with van der Waals surface area (Å²) in [6.07, 6.45) is 3.52. The maximum absolute atomic E-state index is 5.76. The number of pyridine rings is 1. The van der Waals surface area contributed by atoms with Gasteiger partial charge in [-0.15, -0.1) is 6.58 Å². The van der Waals surface area contributed by atoms with Crippen LogP contribution in [0.3, 0.4) is 0 Å². The summed E-state index contributed by atoms with van der Waals surface area (Å²) in [4.78, 5) is 4.25. The van der Waals surface area contributed by atoms with Crippen molar-refractivity contribution in [1.29, 1.82) is 0 Å². The minimum absolute atomic E-state index is 0.148. The second kappa shape index (κ2) is 3.50. The Kier molecular flexibility index (Phi) is 2.61. The lowest BCUT2D eigenvalue weighted by molar-refractivity contribution is 0.848. The number of nitrogens with zero attached hydrogens (tertiary/aromatic N) is 1. The van der Waals surface area contributed by atoms with Gasteiger partial charge >= 0.3 is 0 Å². The summed E-state index contributed by atoms with van der Waals surface area (Å²) in [5.41, 5.74) is 8.96. The van der Waals surface area contributed by atoms with Gasteiger partial charge in [-0.3, -0.25) is 4.98 Å². The molecule has 0 spiro atoms. The first kappa shape index (κ1) is 8.94. The van der Waals surface area contributed by atoms with Crippen LogP contribution >= 0.6 is 0 Å². The molecule has 0 fully saturated rings. The maximum Gasteiger partial charge on any atom is 0.0656 e. The number of rotatable bonds is 2. The summed E-state index contributed by atoms with van der Waals surface area (Å²) < 4.78 is 0. The van der Waals surface area contributed by atoms with E-state index in [-0.39, 0.29) is 6.04 Å². The van der Waals surface area contributed by atoms with Crippen molar-refractivity contribution < 1.29 is 0 Å². The summed E-state index contributed by atoms with van der Waals surface area (Å²) in [6, 6.07) is 1.93. The lowest BCUT2D eigenvalue weighted by Gasteiger charge is -2.09. The van der Waals surface area contributed by atoms with Crippen molar-refractivity contribution in [3.63, 3.8) is 0 Å². The van der Waals surface area contributed by atoms with Crippen LogP contribution in [0, 0.1) is 13.8 Å². The van der Waals surface area contributed by atoms with E-state index in [2.05, 4.69) is 17.6 Å². The summed E-state index contributed by atoms with van der Waals surface area (Å²) in [7, 11) is 0. The van der Waals surface area contributed by atoms with Crippen molar-refractivity contribution in [3.8, 4) is 0 Å². The molecule has 12 heavy (non-hydrogen) atoms. The summed E-state index contributed by atoms with van der Waals surface area (Å²) in [6.45, 7) is 7.67. The van der Waals surface area contributed by atoms with Crippen LogP contribution < -0.4 is 5.73 Å². The van der Waals surface area contributed by atoms with Crippen molar-refractivity contribution in [1.82, 2.24) is 4.98 Å². The van der Waals surface area contributed by atoms with E-state index < -0.39 is 0 Å². The van der Waals surface area contributed by atoms with Crippen molar-refractivity contribution >= 4 is 0 Å². The van der Waals surface area contributed by atoms with E-state index in [1.165, 1.54) is 0 Å². The quantitative estimate of drug-likeness (QED) is 0.674. The number of aryl methyl sites for hydroxylation is 2. The molecule has 64 valence electrons. The molecule has 0 saturated carbocycles. The molecular weight excluding hydrogens is 148 g/mol. The van der Waals surface area contributed by atoms with Crippen molar-refractivity contribution in [3.05, 3.63) is 41.7 Å². The number of hydrogen-bond acceptors (Lipinski definition) is 2. The Balaban J connectivity index is 3.09. The fraction of sp³-hybridized carbons (Fsp3) is 0.300. The molecule has 0 bridgehead atoms. The summed E-state index contributed by atoms with van der Waals surface area (Å²) >= 11 is 0. The molecule has 1 heterocycles. The van der Waals surface area contributed by atoms with E-state index >= 15 is 0 Å². The molecule has 0 aliphatic carbocycles. The zero-order valence-corrected chi connectivity index (χ0v) is 7.54. The van der Waals surface area contributed by atoms with Crippen LogP contribution in [-0.4, -0.2) is 4.98 Å². The molecule has 0 radical (unpaired) electrons. The van der Waals surface area contributed by atoms with Crippen LogP contribution in [0.1, 0.15) is 22.9 Å². The third kappa shape index (κ3) is 1.71. The van der Waals surface area contributed by atoms with E-state index in [1.54, 1.807) is 6.08 Å². The molecule has 2 nitrogen and oxygen atoms in total. The Morgan fingerprint density at radius 3 is 2.75 bits per heavy atom. The molecule has 1 rings (SSSR count). The molecule has 0 aromatic carbocycles. The smallest absolute Gasteiger partial charge is 0.0656 e. The van der Waals surface area contributed by atoms with Gasteiger partial charge in [0, 0.05) is 6.20 Å². The van der Waals surface area contributed by atoms with Crippen LogP contribution in [0.25, 0.3) is 0 Å². The molecule has 1 aromatic rings. The fourth-order valence-corrected chi connectivity index (χ4v) is 1.19. The van der Waals surface area contributed by atoms with Gasteiger partial charge in [0.1, 0.15) is 0 Å². The Morgan fingerprint density at radius 1 is 1.58 bits per heavy atom. The second-order valence-corrected chi connectivity index (χ2v) is 2.98. The van der Waals surface area contributed by atoms with Crippen LogP contribution in [0.5, 0.6) is 0 Å². The average molecular weight is 162 g/mol. The first-order chi connectivity index (χ1) is 5.65. The summed E-state index contributed by atoms with van der Waals surface area (Å²) in [5, 5.41) is 0. The predicted molar refractivity (Wildman–Crippen MR) is 50.8 cm³/mol. The fourth-order valence-electron chi connectivity index (χ4n) is 1.19.